The average Bonchev–Trinajstić information content (AvgIpc) is 3.39. The van der Waals surface area contributed by atoms with Gasteiger partial charge in [-0.25, -0.2) is 0 Å². The lowest BCUT2D eigenvalue weighted by Crippen LogP contribution is -2.65. The fourth-order valence-corrected chi connectivity index (χ4v) is 9.99. The number of amides is 1. The monoisotopic (exact) mass is 1040 g/mol. The molecule has 0 spiro atoms. The topological polar surface area (TPSA) is 228 Å². The number of hydrogen-bond acceptors (Lipinski definition) is 13. The first kappa shape index (κ1) is 67.6. The second kappa shape index (κ2) is 45.5. The van der Waals surface area contributed by atoms with E-state index < -0.39 is 86.8 Å². The van der Waals surface area contributed by atoms with E-state index in [1.54, 1.807) is 6.08 Å². The van der Waals surface area contributed by atoms with Gasteiger partial charge in [0.1, 0.15) is 48.8 Å². The zero-order valence-electron chi connectivity index (χ0n) is 46.1. The number of allylic oxidation sites excluding steroid dienone is 3. The van der Waals surface area contributed by atoms with Gasteiger partial charge >= 0.3 is 0 Å². The minimum Gasteiger partial charge on any atom is -0.394 e. The summed E-state index contributed by atoms with van der Waals surface area (Å²) >= 11 is 0. The molecule has 14 nitrogen and oxygen atoms in total. The molecule has 0 bridgehead atoms. The van der Waals surface area contributed by atoms with Crippen molar-refractivity contribution in [3.8, 4) is 0 Å². The maximum Gasteiger partial charge on any atom is 0.220 e. The molecule has 0 aromatic carbocycles. The van der Waals surface area contributed by atoms with E-state index >= 15 is 0 Å². The van der Waals surface area contributed by atoms with Crippen molar-refractivity contribution in [2.24, 2.45) is 0 Å². The van der Waals surface area contributed by atoms with E-state index in [1.807, 2.05) is 6.08 Å². The number of hydrogen-bond donors (Lipinski definition) is 9. The molecule has 9 N–H and O–H groups in total. The van der Waals surface area contributed by atoms with Crippen LogP contribution in [0.4, 0.5) is 0 Å². The van der Waals surface area contributed by atoms with Crippen molar-refractivity contribution < 1.29 is 64.6 Å². The molecular weight excluding hydrogens is 931 g/mol. The van der Waals surface area contributed by atoms with Crippen molar-refractivity contribution in [1.82, 2.24) is 5.32 Å². The van der Waals surface area contributed by atoms with E-state index in [-0.39, 0.29) is 18.9 Å². The van der Waals surface area contributed by atoms with Crippen molar-refractivity contribution in [1.29, 1.82) is 0 Å². The van der Waals surface area contributed by atoms with Gasteiger partial charge in [-0.2, -0.15) is 0 Å². The van der Waals surface area contributed by atoms with Gasteiger partial charge in [-0.1, -0.05) is 224 Å². The zero-order valence-corrected chi connectivity index (χ0v) is 46.1. The van der Waals surface area contributed by atoms with Crippen molar-refractivity contribution in [2.75, 3.05) is 19.8 Å². The quantitative estimate of drug-likeness (QED) is 0.0204. The van der Waals surface area contributed by atoms with E-state index in [1.165, 1.54) is 186 Å². The predicted molar refractivity (Wildman–Crippen MR) is 291 cm³/mol. The molecule has 12 unspecified atom stereocenters. The van der Waals surface area contributed by atoms with Gasteiger partial charge in [0.15, 0.2) is 12.6 Å². The molecule has 1 amide bonds. The SMILES string of the molecule is CCCCCCCCCC/C=C\CCCCCCCCCCCCCCCCCC(=O)NC(COC1OC(CO)C(OC2OC(CO)C(O)C(O)C2O)C(O)C1O)C(O)/C=C/CCCCCCCCCCCC. The summed E-state index contributed by atoms with van der Waals surface area (Å²) in [5.74, 6) is -0.237. The minimum atomic E-state index is -1.79. The van der Waals surface area contributed by atoms with Crippen LogP contribution in [0, 0.1) is 0 Å². The van der Waals surface area contributed by atoms with Crippen LogP contribution in [-0.4, -0.2) is 140 Å². The number of carbonyl (C=O) groups is 1. The number of unbranched alkanes of at least 4 members (excludes halogenated alkanes) is 33. The molecule has 0 radical (unpaired) electrons. The Morgan fingerprint density at radius 2 is 0.863 bits per heavy atom. The summed E-state index contributed by atoms with van der Waals surface area (Å²) < 4.78 is 22.7. The number of nitrogens with one attached hydrogen (secondary N) is 1. The summed E-state index contributed by atoms with van der Waals surface area (Å²) in [5, 5.41) is 86.9. The predicted octanol–water partition coefficient (Wildman–Crippen LogP) is 10.1. The molecule has 2 aliphatic heterocycles. The number of aliphatic hydroxyl groups excluding tert-OH is 8. The lowest BCUT2D eigenvalue weighted by molar-refractivity contribution is -0.359. The number of aliphatic hydroxyl groups is 8. The van der Waals surface area contributed by atoms with Gasteiger partial charge < -0.3 is 65.1 Å². The van der Waals surface area contributed by atoms with Crippen LogP contribution in [0.15, 0.2) is 24.3 Å². The van der Waals surface area contributed by atoms with Crippen molar-refractivity contribution in [2.45, 2.75) is 325 Å². The number of rotatable bonds is 48. The molecule has 12 atom stereocenters. The molecule has 0 aliphatic carbocycles. The fraction of sp³-hybridized carbons (Fsp3) is 0.915. The molecule has 73 heavy (non-hydrogen) atoms. The Labute approximate surface area is 443 Å². The highest BCUT2D eigenvalue weighted by atomic mass is 16.7. The number of ether oxygens (including phenoxy) is 4. The Kier molecular flexibility index (Phi) is 42.1. The Hall–Kier alpha value is -1.53. The minimum absolute atomic E-state index is 0.237. The van der Waals surface area contributed by atoms with Crippen LogP contribution in [0.3, 0.4) is 0 Å². The first-order chi connectivity index (χ1) is 35.6. The molecule has 0 aromatic heterocycles. The second-order valence-electron chi connectivity index (χ2n) is 21.5. The maximum atomic E-state index is 13.2. The lowest BCUT2D eigenvalue weighted by Gasteiger charge is -2.46. The van der Waals surface area contributed by atoms with Gasteiger partial charge in [-0.3, -0.25) is 4.79 Å². The summed E-state index contributed by atoms with van der Waals surface area (Å²) in [5.41, 5.74) is 0. The van der Waals surface area contributed by atoms with Gasteiger partial charge in [0.05, 0.1) is 32.0 Å². The molecule has 2 fully saturated rings. The summed E-state index contributed by atoms with van der Waals surface area (Å²) in [7, 11) is 0. The maximum absolute atomic E-state index is 13.2. The van der Waals surface area contributed by atoms with E-state index in [0.717, 1.165) is 38.5 Å². The Balaban J connectivity index is 1.69. The molecule has 2 heterocycles. The van der Waals surface area contributed by atoms with Crippen LogP contribution >= 0.6 is 0 Å². The van der Waals surface area contributed by atoms with Crippen molar-refractivity contribution in [3.05, 3.63) is 24.3 Å². The molecule has 14 heteroatoms. The van der Waals surface area contributed by atoms with Crippen molar-refractivity contribution >= 4 is 5.91 Å². The lowest BCUT2D eigenvalue weighted by atomic mass is 9.97. The van der Waals surface area contributed by atoms with E-state index in [2.05, 4.69) is 31.3 Å². The normalized spacial score (nSPS) is 25.5. The van der Waals surface area contributed by atoms with Crippen LogP contribution in [-0.2, 0) is 23.7 Å². The van der Waals surface area contributed by atoms with E-state index in [4.69, 9.17) is 18.9 Å². The summed E-state index contributed by atoms with van der Waals surface area (Å²) in [6.45, 7) is 2.80. The number of carbonyl (C=O) groups excluding carboxylic acids is 1. The Morgan fingerprint density at radius 1 is 0.479 bits per heavy atom. The summed E-state index contributed by atoms with van der Waals surface area (Å²) in [6.07, 6.45) is 36.6. The molecule has 0 saturated carbocycles. The summed E-state index contributed by atoms with van der Waals surface area (Å²) in [4.78, 5) is 13.2. The standard InChI is InChI=1S/C59H111NO13/c1-3-5-7-9-11-13-15-17-18-19-20-21-22-23-24-25-26-27-28-29-30-31-33-35-37-39-41-43-51(64)60-47(48(63)42-40-38-36-34-32-16-14-12-10-8-6-4-2)46-70-58-56(69)54(67)57(50(45-62)72-58)73-59-55(68)53(66)52(65)49(44-61)71-59/h19-20,40,42,47-50,52-59,61-63,65-69H,3-18,21-39,41,43-46H2,1-2H3,(H,60,64)/b20-19-,42-40+. The third-order valence-corrected chi connectivity index (χ3v) is 14.9. The molecular formula is C59H111NO13. The Bertz CT molecular complexity index is 1320. The molecule has 0 aromatic rings. The third-order valence-electron chi connectivity index (χ3n) is 14.9. The van der Waals surface area contributed by atoms with Gasteiger partial charge in [-0.05, 0) is 44.9 Å². The molecule has 2 saturated heterocycles. The van der Waals surface area contributed by atoms with Crippen LogP contribution in [0.5, 0.6) is 0 Å². The van der Waals surface area contributed by atoms with Crippen LogP contribution in [0.25, 0.3) is 0 Å². The first-order valence-corrected chi connectivity index (χ1v) is 30.1. The summed E-state index contributed by atoms with van der Waals surface area (Å²) in [6, 6.07) is -0.911. The van der Waals surface area contributed by atoms with Gasteiger partial charge in [-0.15, -0.1) is 0 Å². The van der Waals surface area contributed by atoms with E-state index in [0.29, 0.717) is 6.42 Å². The van der Waals surface area contributed by atoms with Crippen LogP contribution < -0.4 is 5.32 Å². The smallest absolute Gasteiger partial charge is 0.220 e. The average molecular weight is 1040 g/mol. The van der Waals surface area contributed by atoms with Gasteiger partial charge in [0, 0.05) is 6.42 Å². The molecule has 2 rings (SSSR count). The fourth-order valence-electron chi connectivity index (χ4n) is 9.99. The first-order valence-electron chi connectivity index (χ1n) is 30.1. The highest BCUT2D eigenvalue weighted by Crippen LogP contribution is 2.30. The highest BCUT2D eigenvalue weighted by molar-refractivity contribution is 5.76. The highest BCUT2D eigenvalue weighted by Gasteiger charge is 2.51. The van der Waals surface area contributed by atoms with E-state index in [9.17, 15) is 45.6 Å². The second-order valence-corrected chi connectivity index (χ2v) is 21.5. The molecule has 2 aliphatic rings. The molecule has 430 valence electrons. The largest absolute Gasteiger partial charge is 0.394 e. The third kappa shape index (κ3) is 31.5. The zero-order chi connectivity index (χ0) is 53.2. The van der Waals surface area contributed by atoms with Crippen LogP contribution in [0.2, 0.25) is 0 Å². The van der Waals surface area contributed by atoms with Gasteiger partial charge in [0.25, 0.3) is 0 Å². The van der Waals surface area contributed by atoms with Gasteiger partial charge in [0.2, 0.25) is 5.91 Å². The van der Waals surface area contributed by atoms with Crippen molar-refractivity contribution in [3.63, 3.8) is 0 Å². The van der Waals surface area contributed by atoms with Crippen LogP contribution in [0.1, 0.15) is 251 Å². The Morgan fingerprint density at radius 3 is 1.30 bits per heavy atom.